The lowest BCUT2D eigenvalue weighted by molar-refractivity contribution is 0.181. The first kappa shape index (κ1) is 14.6. The van der Waals surface area contributed by atoms with Gasteiger partial charge in [-0.15, -0.1) is 0 Å². The first-order valence-corrected chi connectivity index (χ1v) is 6.62. The first-order valence-electron chi connectivity index (χ1n) is 6.24. The van der Waals surface area contributed by atoms with Crippen LogP contribution in [0.5, 0.6) is 0 Å². The standard InChI is InChI=1S/C15H16ClN3O/c1-9-5-10(2)14(11(3)6-9)19-15(16)12(7-17)13(18-19)8-20-4/h5-6H,8H2,1-4H3. The molecule has 2 rings (SSSR count). The van der Waals surface area contributed by atoms with Crippen molar-refractivity contribution in [2.45, 2.75) is 27.4 Å². The molecule has 0 saturated heterocycles. The number of aryl methyl sites for hydroxylation is 3. The van der Waals surface area contributed by atoms with Gasteiger partial charge in [0.1, 0.15) is 17.3 Å². The zero-order chi connectivity index (χ0) is 14.9. The van der Waals surface area contributed by atoms with E-state index in [9.17, 15) is 5.26 Å². The van der Waals surface area contributed by atoms with Crippen LogP contribution in [0, 0.1) is 32.1 Å². The summed E-state index contributed by atoms with van der Waals surface area (Å²) in [5.41, 5.74) is 5.16. The van der Waals surface area contributed by atoms with Gasteiger partial charge in [0.25, 0.3) is 0 Å². The lowest BCUT2D eigenvalue weighted by Gasteiger charge is -2.12. The van der Waals surface area contributed by atoms with Crippen LogP contribution >= 0.6 is 11.6 Å². The maximum absolute atomic E-state index is 9.23. The molecule has 0 spiro atoms. The van der Waals surface area contributed by atoms with Gasteiger partial charge in [0.05, 0.1) is 12.3 Å². The van der Waals surface area contributed by atoms with E-state index in [0.29, 0.717) is 16.4 Å². The molecule has 0 radical (unpaired) electrons. The van der Waals surface area contributed by atoms with Crippen molar-refractivity contribution >= 4 is 11.6 Å². The van der Waals surface area contributed by atoms with Crippen LogP contribution in [-0.4, -0.2) is 16.9 Å². The van der Waals surface area contributed by atoms with E-state index in [4.69, 9.17) is 16.3 Å². The van der Waals surface area contributed by atoms with E-state index >= 15 is 0 Å². The Balaban J connectivity index is 2.69. The minimum absolute atomic E-state index is 0.263. The number of halogens is 1. The van der Waals surface area contributed by atoms with Gasteiger partial charge in [0.15, 0.2) is 5.15 Å². The molecule has 0 aliphatic rings. The van der Waals surface area contributed by atoms with E-state index in [2.05, 4.69) is 23.3 Å². The quantitative estimate of drug-likeness (QED) is 0.869. The topological polar surface area (TPSA) is 50.8 Å². The molecule has 20 heavy (non-hydrogen) atoms. The second-order valence-electron chi connectivity index (χ2n) is 4.82. The van der Waals surface area contributed by atoms with Gasteiger partial charge in [-0.3, -0.25) is 0 Å². The van der Waals surface area contributed by atoms with Gasteiger partial charge < -0.3 is 4.74 Å². The van der Waals surface area contributed by atoms with Crippen LogP contribution in [0.2, 0.25) is 5.15 Å². The molecule has 1 aromatic carbocycles. The Morgan fingerprint density at radius 1 is 1.30 bits per heavy atom. The highest BCUT2D eigenvalue weighted by Gasteiger charge is 2.19. The molecule has 0 aliphatic carbocycles. The van der Waals surface area contributed by atoms with Gasteiger partial charge >= 0.3 is 0 Å². The molecule has 104 valence electrons. The molecule has 0 amide bonds. The third kappa shape index (κ3) is 2.43. The summed E-state index contributed by atoms with van der Waals surface area (Å²) in [5, 5.41) is 14.0. The van der Waals surface area contributed by atoms with Crippen molar-refractivity contribution in [2.24, 2.45) is 0 Å². The molecule has 2 aromatic rings. The molecule has 1 aromatic heterocycles. The van der Waals surface area contributed by atoms with Crippen LogP contribution in [0.15, 0.2) is 12.1 Å². The zero-order valence-corrected chi connectivity index (χ0v) is 12.7. The summed E-state index contributed by atoms with van der Waals surface area (Å²) in [5.74, 6) is 0. The molecule has 5 heteroatoms. The zero-order valence-electron chi connectivity index (χ0n) is 12.0. The fourth-order valence-electron chi connectivity index (χ4n) is 2.44. The highest BCUT2D eigenvalue weighted by molar-refractivity contribution is 6.31. The third-order valence-corrected chi connectivity index (χ3v) is 3.49. The molecule has 0 aliphatic heterocycles. The number of rotatable bonds is 3. The van der Waals surface area contributed by atoms with Crippen LogP contribution in [0.3, 0.4) is 0 Å². The van der Waals surface area contributed by atoms with Gasteiger partial charge in [0, 0.05) is 7.11 Å². The van der Waals surface area contributed by atoms with E-state index in [1.54, 1.807) is 11.8 Å². The van der Waals surface area contributed by atoms with Gasteiger partial charge in [-0.25, -0.2) is 4.68 Å². The Morgan fingerprint density at radius 3 is 2.40 bits per heavy atom. The fraction of sp³-hybridized carbons (Fsp3) is 0.333. The van der Waals surface area contributed by atoms with Crippen molar-refractivity contribution in [3.63, 3.8) is 0 Å². The summed E-state index contributed by atoms with van der Waals surface area (Å²) in [4.78, 5) is 0. The largest absolute Gasteiger partial charge is 0.378 e. The maximum Gasteiger partial charge on any atom is 0.151 e. The number of methoxy groups -OCH3 is 1. The minimum atomic E-state index is 0.263. The van der Waals surface area contributed by atoms with Crippen molar-refractivity contribution in [3.05, 3.63) is 45.2 Å². The Labute approximate surface area is 123 Å². The Hall–Kier alpha value is -1.83. The number of hydrogen-bond acceptors (Lipinski definition) is 3. The molecule has 0 N–H and O–H groups in total. The van der Waals surface area contributed by atoms with Gasteiger partial charge in [-0.1, -0.05) is 29.3 Å². The predicted molar refractivity (Wildman–Crippen MR) is 78.2 cm³/mol. The number of nitriles is 1. The van der Waals surface area contributed by atoms with Crippen molar-refractivity contribution < 1.29 is 4.74 Å². The molecule has 0 unspecified atom stereocenters. The normalized spacial score (nSPS) is 10.6. The molecule has 0 fully saturated rings. The third-order valence-electron chi connectivity index (χ3n) is 3.14. The summed E-state index contributed by atoms with van der Waals surface area (Å²) in [6.07, 6.45) is 0. The Kier molecular flexibility index (Phi) is 4.12. The summed E-state index contributed by atoms with van der Waals surface area (Å²) in [6.45, 7) is 6.33. The average Bonchev–Trinajstić information content (AvgIpc) is 2.65. The van der Waals surface area contributed by atoms with Crippen molar-refractivity contribution in [1.29, 1.82) is 5.26 Å². The van der Waals surface area contributed by atoms with E-state index in [1.807, 2.05) is 20.8 Å². The summed E-state index contributed by atoms with van der Waals surface area (Å²) in [7, 11) is 1.57. The van der Waals surface area contributed by atoms with Crippen LogP contribution in [0.1, 0.15) is 27.9 Å². The second-order valence-corrected chi connectivity index (χ2v) is 5.17. The van der Waals surface area contributed by atoms with Gasteiger partial charge in [0.2, 0.25) is 0 Å². The molecule has 4 nitrogen and oxygen atoms in total. The Morgan fingerprint density at radius 2 is 1.90 bits per heavy atom. The van der Waals surface area contributed by atoms with Crippen molar-refractivity contribution in [1.82, 2.24) is 9.78 Å². The van der Waals surface area contributed by atoms with E-state index < -0.39 is 0 Å². The first-order chi connectivity index (χ1) is 9.49. The molecule has 0 atom stereocenters. The highest BCUT2D eigenvalue weighted by Crippen LogP contribution is 2.28. The Bertz CT molecular complexity index is 675. The molecule has 0 bridgehead atoms. The smallest absolute Gasteiger partial charge is 0.151 e. The number of hydrogen-bond donors (Lipinski definition) is 0. The minimum Gasteiger partial charge on any atom is -0.378 e. The lowest BCUT2D eigenvalue weighted by atomic mass is 10.1. The van der Waals surface area contributed by atoms with Crippen LogP contribution in [-0.2, 0) is 11.3 Å². The predicted octanol–water partition coefficient (Wildman–Crippen LogP) is 3.47. The fourth-order valence-corrected chi connectivity index (χ4v) is 2.72. The molecular weight excluding hydrogens is 274 g/mol. The van der Waals surface area contributed by atoms with Crippen molar-refractivity contribution in [2.75, 3.05) is 7.11 Å². The molecule has 1 heterocycles. The van der Waals surface area contributed by atoms with Crippen LogP contribution in [0.4, 0.5) is 0 Å². The summed E-state index contributed by atoms with van der Waals surface area (Å²) >= 11 is 6.31. The monoisotopic (exact) mass is 289 g/mol. The maximum atomic E-state index is 9.23. The summed E-state index contributed by atoms with van der Waals surface area (Å²) in [6, 6.07) is 6.24. The van der Waals surface area contributed by atoms with Crippen molar-refractivity contribution in [3.8, 4) is 11.8 Å². The van der Waals surface area contributed by atoms with E-state index in [1.165, 1.54) is 5.56 Å². The number of ether oxygens (including phenoxy) is 1. The van der Waals surface area contributed by atoms with Gasteiger partial charge in [-0.2, -0.15) is 10.4 Å². The lowest BCUT2D eigenvalue weighted by Crippen LogP contribution is -2.03. The second kappa shape index (κ2) is 5.66. The van der Waals surface area contributed by atoms with Crippen LogP contribution < -0.4 is 0 Å². The molecular formula is C15H16ClN3O. The number of nitrogens with zero attached hydrogens (tertiary/aromatic N) is 3. The highest BCUT2D eigenvalue weighted by atomic mass is 35.5. The molecule has 0 saturated carbocycles. The average molecular weight is 290 g/mol. The van der Waals surface area contributed by atoms with Crippen LogP contribution in [0.25, 0.3) is 5.69 Å². The van der Waals surface area contributed by atoms with E-state index in [-0.39, 0.29) is 6.61 Å². The number of benzene rings is 1. The SMILES string of the molecule is COCc1nn(-c2c(C)cc(C)cc2C)c(Cl)c1C#N. The van der Waals surface area contributed by atoms with E-state index in [0.717, 1.165) is 16.8 Å². The summed E-state index contributed by atoms with van der Waals surface area (Å²) < 4.78 is 6.69. The van der Waals surface area contributed by atoms with Gasteiger partial charge in [-0.05, 0) is 31.9 Å². The number of aromatic nitrogens is 2.